The lowest BCUT2D eigenvalue weighted by Crippen LogP contribution is -2.42. The summed E-state index contributed by atoms with van der Waals surface area (Å²) in [6.07, 6.45) is 6.20. The summed E-state index contributed by atoms with van der Waals surface area (Å²) in [5.74, 6) is 0.696. The molecule has 1 saturated heterocycles. The van der Waals surface area contributed by atoms with Crippen LogP contribution < -0.4 is 0 Å². The Morgan fingerprint density at radius 2 is 1.67 bits per heavy atom. The number of likely N-dealkylation sites (tertiary alicyclic amines) is 1. The normalized spacial score (nSPS) is 16.4. The lowest BCUT2D eigenvalue weighted by atomic mass is 9.76. The van der Waals surface area contributed by atoms with Gasteiger partial charge in [-0.25, -0.2) is 4.79 Å². The molecule has 0 saturated carbocycles. The molecule has 172 valence electrons. The molecule has 2 aromatic heterocycles. The van der Waals surface area contributed by atoms with E-state index in [1.165, 1.54) is 32.9 Å². The number of hydrogen-bond donors (Lipinski definition) is 1. The SMILES string of the molecule is Cn1cc(C(c2c[nH]c3ccccc23)C2CCN(C(=O)OC(C)(C)C)CC2)c2ccccc21. The van der Waals surface area contributed by atoms with Crippen molar-refractivity contribution >= 4 is 27.9 Å². The quantitative estimate of drug-likeness (QED) is 0.396. The molecule has 0 bridgehead atoms. The molecule has 5 heteroatoms. The summed E-state index contributed by atoms with van der Waals surface area (Å²) in [5, 5.41) is 2.59. The van der Waals surface area contributed by atoms with Crippen molar-refractivity contribution in [1.29, 1.82) is 0 Å². The summed E-state index contributed by atoms with van der Waals surface area (Å²) in [6, 6.07) is 17.2. The highest BCUT2D eigenvalue weighted by atomic mass is 16.6. The molecule has 1 N–H and O–H groups in total. The predicted molar refractivity (Wildman–Crippen MR) is 134 cm³/mol. The summed E-state index contributed by atoms with van der Waals surface area (Å²) in [6.45, 7) is 7.22. The van der Waals surface area contributed by atoms with Gasteiger partial charge < -0.3 is 19.2 Å². The van der Waals surface area contributed by atoms with Gasteiger partial charge in [0.05, 0.1) is 0 Å². The first kappa shape index (κ1) is 21.6. The third-order valence-electron chi connectivity index (χ3n) is 6.88. The molecule has 0 spiro atoms. The third-order valence-corrected chi connectivity index (χ3v) is 6.88. The second-order valence-corrected chi connectivity index (χ2v) is 10.3. The maximum atomic E-state index is 12.6. The Morgan fingerprint density at radius 1 is 1.00 bits per heavy atom. The van der Waals surface area contributed by atoms with E-state index in [1.54, 1.807) is 0 Å². The molecular formula is C28H33N3O2. The van der Waals surface area contributed by atoms with Crippen LogP contribution >= 0.6 is 0 Å². The largest absolute Gasteiger partial charge is 0.444 e. The van der Waals surface area contributed by atoms with E-state index in [1.807, 2.05) is 25.7 Å². The first-order chi connectivity index (χ1) is 15.8. The number of aromatic nitrogens is 2. The van der Waals surface area contributed by atoms with E-state index < -0.39 is 5.60 Å². The van der Waals surface area contributed by atoms with Crippen LogP contribution in [0.3, 0.4) is 0 Å². The number of hydrogen-bond acceptors (Lipinski definition) is 2. The molecule has 1 aliphatic rings. The van der Waals surface area contributed by atoms with Crippen LogP contribution in [0.15, 0.2) is 60.9 Å². The van der Waals surface area contributed by atoms with E-state index >= 15 is 0 Å². The highest BCUT2D eigenvalue weighted by molar-refractivity contribution is 5.88. The lowest BCUT2D eigenvalue weighted by Gasteiger charge is -2.37. The van der Waals surface area contributed by atoms with Crippen molar-refractivity contribution in [3.63, 3.8) is 0 Å². The molecule has 1 unspecified atom stereocenters. The number of benzene rings is 2. The second-order valence-electron chi connectivity index (χ2n) is 10.3. The number of aryl methyl sites for hydroxylation is 1. The number of amides is 1. The van der Waals surface area contributed by atoms with E-state index in [0.29, 0.717) is 5.92 Å². The summed E-state index contributed by atoms with van der Waals surface area (Å²) in [7, 11) is 2.13. The molecule has 1 fully saturated rings. The zero-order valence-electron chi connectivity index (χ0n) is 20.0. The third kappa shape index (κ3) is 4.12. The fourth-order valence-corrected chi connectivity index (χ4v) is 5.39. The smallest absolute Gasteiger partial charge is 0.410 e. The number of piperidine rings is 1. The Labute approximate surface area is 195 Å². The zero-order valence-corrected chi connectivity index (χ0v) is 20.0. The molecule has 33 heavy (non-hydrogen) atoms. The van der Waals surface area contributed by atoms with Crippen LogP contribution in [0.1, 0.15) is 50.7 Å². The van der Waals surface area contributed by atoms with Crippen molar-refractivity contribution in [3.8, 4) is 0 Å². The van der Waals surface area contributed by atoms with Crippen LogP contribution in [0.4, 0.5) is 4.79 Å². The first-order valence-corrected chi connectivity index (χ1v) is 11.9. The summed E-state index contributed by atoms with van der Waals surface area (Å²) < 4.78 is 7.87. The van der Waals surface area contributed by atoms with Crippen LogP contribution in [0.5, 0.6) is 0 Å². The van der Waals surface area contributed by atoms with Gasteiger partial charge in [0, 0.05) is 60.3 Å². The summed E-state index contributed by atoms with van der Waals surface area (Å²) in [4.78, 5) is 18.0. The molecule has 0 radical (unpaired) electrons. The monoisotopic (exact) mass is 443 g/mol. The lowest BCUT2D eigenvalue weighted by molar-refractivity contribution is 0.0178. The van der Waals surface area contributed by atoms with Gasteiger partial charge in [0.25, 0.3) is 0 Å². The van der Waals surface area contributed by atoms with Gasteiger partial charge in [-0.2, -0.15) is 0 Å². The molecule has 1 atom stereocenters. The molecule has 5 nitrogen and oxygen atoms in total. The van der Waals surface area contributed by atoms with Gasteiger partial charge in [-0.1, -0.05) is 36.4 Å². The number of nitrogens with one attached hydrogen (secondary N) is 1. The molecule has 1 amide bonds. The number of para-hydroxylation sites is 2. The van der Waals surface area contributed by atoms with E-state index in [4.69, 9.17) is 4.74 Å². The van der Waals surface area contributed by atoms with Crippen LogP contribution in [0.25, 0.3) is 21.8 Å². The van der Waals surface area contributed by atoms with Crippen molar-refractivity contribution < 1.29 is 9.53 Å². The predicted octanol–water partition coefficient (Wildman–Crippen LogP) is 6.44. The average Bonchev–Trinajstić information content (AvgIpc) is 3.36. The highest BCUT2D eigenvalue weighted by Crippen LogP contribution is 2.43. The Hall–Kier alpha value is -3.21. The number of fused-ring (bicyclic) bond motifs is 2. The van der Waals surface area contributed by atoms with E-state index in [0.717, 1.165) is 25.9 Å². The summed E-state index contributed by atoms with van der Waals surface area (Å²) >= 11 is 0. The summed E-state index contributed by atoms with van der Waals surface area (Å²) in [5.41, 5.74) is 4.67. The Balaban J connectivity index is 1.51. The number of H-pyrrole nitrogens is 1. The van der Waals surface area contributed by atoms with Crippen LogP contribution in [0.2, 0.25) is 0 Å². The molecule has 4 aromatic rings. The van der Waals surface area contributed by atoms with Crippen LogP contribution in [-0.4, -0.2) is 39.2 Å². The van der Waals surface area contributed by atoms with Crippen LogP contribution in [-0.2, 0) is 11.8 Å². The van der Waals surface area contributed by atoms with Gasteiger partial charge in [-0.3, -0.25) is 0 Å². The highest BCUT2D eigenvalue weighted by Gasteiger charge is 2.34. The first-order valence-electron chi connectivity index (χ1n) is 11.9. The molecular weight excluding hydrogens is 410 g/mol. The topological polar surface area (TPSA) is 50.3 Å². The minimum Gasteiger partial charge on any atom is -0.444 e. The minimum absolute atomic E-state index is 0.199. The fraction of sp³-hybridized carbons (Fsp3) is 0.393. The van der Waals surface area contributed by atoms with E-state index in [9.17, 15) is 4.79 Å². The maximum absolute atomic E-state index is 12.6. The van der Waals surface area contributed by atoms with Gasteiger partial charge >= 0.3 is 6.09 Å². The van der Waals surface area contributed by atoms with Crippen molar-refractivity contribution in [2.75, 3.05) is 13.1 Å². The number of nitrogens with zero attached hydrogens (tertiary/aromatic N) is 2. The van der Waals surface area contributed by atoms with Gasteiger partial charge in [0.15, 0.2) is 0 Å². The molecule has 2 aromatic carbocycles. The molecule has 0 aliphatic carbocycles. The Bertz CT molecular complexity index is 1290. The van der Waals surface area contributed by atoms with E-state index in [2.05, 4.69) is 77.5 Å². The zero-order chi connectivity index (χ0) is 23.2. The molecule has 1 aliphatic heterocycles. The maximum Gasteiger partial charge on any atom is 0.410 e. The van der Waals surface area contributed by atoms with Crippen molar-refractivity contribution in [1.82, 2.24) is 14.5 Å². The fourth-order valence-electron chi connectivity index (χ4n) is 5.39. The molecule has 5 rings (SSSR count). The van der Waals surface area contributed by atoms with Crippen LogP contribution in [0, 0.1) is 5.92 Å². The molecule has 3 heterocycles. The van der Waals surface area contributed by atoms with Gasteiger partial charge in [-0.15, -0.1) is 0 Å². The van der Waals surface area contributed by atoms with Gasteiger partial charge in [0.1, 0.15) is 5.60 Å². The second kappa shape index (κ2) is 8.29. The average molecular weight is 444 g/mol. The van der Waals surface area contributed by atoms with Crippen molar-refractivity contribution in [3.05, 3.63) is 72.1 Å². The minimum atomic E-state index is -0.469. The number of ether oxygens (including phenoxy) is 1. The number of rotatable bonds is 3. The van der Waals surface area contributed by atoms with E-state index in [-0.39, 0.29) is 12.0 Å². The number of carbonyl (C=O) groups excluding carboxylic acids is 1. The standard InChI is InChI=1S/C28H33N3O2/c1-28(2,3)33-27(32)31-15-13-19(14-16-31)26(22-17-29-24-11-7-5-9-20(22)24)23-18-30(4)25-12-8-6-10-21(23)25/h5-12,17-19,26,29H,13-16H2,1-4H3. The Kier molecular flexibility index (Phi) is 5.43. The van der Waals surface area contributed by atoms with Crippen molar-refractivity contribution in [2.45, 2.75) is 45.1 Å². The van der Waals surface area contributed by atoms with Gasteiger partial charge in [-0.05, 0) is 62.8 Å². The Morgan fingerprint density at radius 3 is 2.39 bits per heavy atom. The number of aromatic amines is 1. The van der Waals surface area contributed by atoms with Gasteiger partial charge in [0.2, 0.25) is 0 Å². The van der Waals surface area contributed by atoms with Crippen molar-refractivity contribution in [2.24, 2.45) is 13.0 Å². The number of carbonyl (C=O) groups is 1.